The Kier molecular flexibility index (Phi) is 4.44. The van der Waals surface area contributed by atoms with E-state index in [-0.39, 0.29) is 54.6 Å². The van der Waals surface area contributed by atoms with E-state index >= 15 is 0 Å². The Morgan fingerprint density at radius 1 is 1.04 bits per heavy atom. The average molecular weight is 374 g/mol. The molecule has 1 heterocycles. The van der Waals surface area contributed by atoms with Gasteiger partial charge in [-0.05, 0) is 48.9 Å². The van der Waals surface area contributed by atoms with Gasteiger partial charge in [-0.1, -0.05) is 23.8 Å². The van der Waals surface area contributed by atoms with Gasteiger partial charge in [-0.25, -0.2) is 4.79 Å². The number of hydrogen-bond acceptors (Lipinski definition) is 3. The summed E-state index contributed by atoms with van der Waals surface area (Å²) in [6.07, 6.45) is 6.16. The molecule has 4 aliphatic rings. The van der Waals surface area contributed by atoms with Crippen LogP contribution >= 0.6 is 11.6 Å². The first-order valence-corrected chi connectivity index (χ1v) is 9.26. The molecule has 0 aromatic heterocycles. The molecule has 1 saturated heterocycles. The molecule has 4 amide bonds. The van der Waals surface area contributed by atoms with Crippen LogP contribution in [-0.2, 0) is 9.59 Å². The number of fused-ring (bicyclic) bond motifs is 1. The second kappa shape index (κ2) is 6.76. The molecule has 7 heteroatoms. The number of amides is 4. The highest BCUT2D eigenvalue weighted by atomic mass is 35.5. The van der Waals surface area contributed by atoms with Crippen LogP contribution in [0.5, 0.6) is 0 Å². The molecule has 2 N–H and O–H groups in total. The molecular weight excluding hydrogens is 354 g/mol. The van der Waals surface area contributed by atoms with Gasteiger partial charge in [-0.2, -0.15) is 0 Å². The zero-order valence-corrected chi connectivity index (χ0v) is 14.9. The van der Waals surface area contributed by atoms with Crippen molar-refractivity contribution in [3.05, 3.63) is 41.4 Å². The molecule has 3 aliphatic carbocycles. The van der Waals surface area contributed by atoms with Gasteiger partial charge in [0.1, 0.15) is 0 Å². The van der Waals surface area contributed by atoms with Gasteiger partial charge in [0, 0.05) is 23.8 Å². The molecule has 4 atom stereocenters. The van der Waals surface area contributed by atoms with Crippen molar-refractivity contribution in [2.75, 3.05) is 18.4 Å². The smallest absolute Gasteiger partial charge is 0.319 e. The summed E-state index contributed by atoms with van der Waals surface area (Å²) in [5, 5.41) is 5.96. The molecule has 6 nitrogen and oxygen atoms in total. The van der Waals surface area contributed by atoms with Crippen LogP contribution in [-0.4, -0.2) is 35.8 Å². The van der Waals surface area contributed by atoms with Gasteiger partial charge < -0.3 is 10.6 Å². The molecular formula is C19H20ClN3O3. The largest absolute Gasteiger partial charge is 0.336 e. The number of urea groups is 1. The van der Waals surface area contributed by atoms with E-state index in [1.165, 1.54) is 4.90 Å². The number of nitrogens with one attached hydrogen (secondary N) is 2. The molecule has 1 saturated carbocycles. The second-order valence-electron chi connectivity index (χ2n) is 7.06. The van der Waals surface area contributed by atoms with Crippen LogP contribution in [0.2, 0.25) is 5.02 Å². The first kappa shape index (κ1) is 17.1. The lowest BCUT2D eigenvalue weighted by atomic mass is 9.63. The number of allylic oxidation sites excluding steroid dienone is 2. The first-order chi connectivity index (χ1) is 12.5. The van der Waals surface area contributed by atoms with Crippen molar-refractivity contribution in [3.8, 4) is 0 Å². The molecule has 136 valence electrons. The number of rotatable bonds is 4. The summed E-state index contributed by atoms with van der Waals surface area (Å²) in [5.74, 6) is -0.193. The third-order valence-electron chi connectivity index (χ3n) is 5.57. The molecule has 2 fully saturated rings. The van der Waals surface area contributed by atoms with Gasteiger partial charge in [0.15, 0.2) is 0 Å². The Morgan fingerprint density at radius 3 is 2.15 bits per heavy atom. The van der Waals surface area contributed by atoms with E-state index in [1.54, 1.807) is 24.3 Å². The predicted octanol–water partition coefficient (Wildman–Crippen LogP) is 2.66. The summed E-state index contributed by atoms with van der Waals surface area (Å²) in [5.41, 5.74) is 0.619. The van der Waals surface area contributed by atoms with Crippen LogP contribution in [0.25, 0.3) is 0 Å². The predicted molar refractivity (Wildman–Crippen MR) is 97.5 cm³/mol. The van der Waals surface area contributed by atoms with Gasteiger partial charge >= 0.3 is 6.03 Å². The number of carbonyl (C=O) groups excluding carboxylic acids is 3. The standard InChI is InChI=1S/C19H20ClN3O3/c20-13-5-7-14(8-6-13)22-19(26)21-9-10-23-17(24)15-11-1-2-12(4-3-11)16(15)18(23)25/h1-2,5-8,11-12,15-16H,3-4,9-10H2,(H2,21,22,26)/t11-,12-,15+,16+/m0/s1. The first-order valence-electron chi connectivity index (χ1n) is 8.88. The lowest BCUT2D eigenvalue weighted by Crippen LogP contribution is -2.40. The minimum Gasteiger partial charge on any atom is -0.336 e. The fourth-order valence-electron chi connectivity index (χ4n) is 4.35. The minimum atomic E-state index is -0.384. The van der Waals surface area contributed by atoms with Crippen molar-refractivity contribution in [2.45, 2.75) is 12.8 Å². The van der Waals surface area contributed by atoms with Gasteiger partial charge in [-0.3, -0.25) is 14.5 Å². The summed E-state index contributed by atoms with van der Waals surface area (Å²) >= 11 is 5.81. The maximum absolute atomic E-state index is 12.7. The highest BCUT2D eigenvalue weighted by Crippen LogP contribution is 2.49. The van der Waals surface area contributed by atoms with Crippen LogP contribution in [0.3, 0.4) is 0 Å². The van der Waals surface area contributed by atoms with Gasteiger partial charge in [-0.15, -0.1) is 0 Å². The Labute approximate surface area is 156 Å². The van der Waals surface area contributed by atoms with Crippen molar-refractivity contribution < 1.29 is 14.4 Å². The zero-order chi connectivity index (χ0) is 18.3. The van der Waals surface area contributed by atoms with E-state index in [0.29, 0.717) is 10.7 Å². The number of hydrogen-bond donors (Lipinski definition) is 2. The fourth-order valence-corrected chi connectivity index (χ4v) is 4.47. The van der Waals surface area contributed by atoms with Gasteiger partial charge in [0.25, 0.3) is 0 Å². The molecule has 1 aliphatic heterocycles. The van der Waals surface area contributed by atoms with E-state index in [2.05, 4.69) is 22.8 Å². The normalized spacial score (nSPS) is 29.0. The Balaban J connectivity index is 1.31. The SMILES string of the molecule is O=C(NCCN1C(=O)[C@H]2[C@H](C1=O)[C@H]1C=C[C@H]2CC1)Nc1ccc(Cl)cc1. The molecule has 2 bridgehead atoms. The number of anilines is 1. The third-order valence-corrected chi connectivity index (χ3v) is 5.83. The summed E-state index contributed by atoms with van der Waals surface area (Å²) in [7, 11) is 0. The molecule has 0 radical (unpaired) electrons. The molecule has 0 unspecified atom stereocenters. The van der Waals surface area contributed by atoms with Crippen molar-refractivity contribution in [1.82, 2.24) is 10.2 Å². The number of carbonyl (C=O) groups is 3. The maximum Gasteiger partial charge on any atom is 0.319 e. The van der Waals surface area contributed by atoms with E-state index in [9.17, 15) is 14.4 Å². The van der Waals surface area contributed by atoms with E-state index in [0.717, 1.165) is 12.8 Å². The van der Waals surface area contributed by atoms with Crippen LogP contribution in [0.15, 0.2) is 36.4 Å². The molecule has 26 heavy (non-hydrogen) atoms. The van der Waals surface area contributed by atoms with E-state index < -0.39 is 0 Å². The summed E-state index contributed by atoms with van der Waals surface area (Å²) in [6.45, 7) is 0.428. The van der Waals surface area contributed by atoms with Crippen LogP contribution in [0, 0.1) is 23.7 Å². The monoisotopic (exact) mass is 373 g/mol. The minimum absolute atomic E-state index is 0.0843. The quantitative estimate of drug-likeness (QED) is 0.629. The van der Waals surface area contributed by atoms with Crippen LogP contribution in [0.4, 0.5) is 10.5 Å². The maximum atomic E-state index is 12.7. The number of nitrogens with zero attached hydrogens (tertiary/aromatic N) is 1. The summed E-state index contributed by atoms with van der Waals surface area (Å²) in [4.78, 5) is 38.6. The van der Waals surface area contributed by atoms with Gasteiger partial charge in [0.05, 0.1) is 11.8 Å². The van der Waals surface area contributed by atoms with Crippen molar-refractivity contribution in [2.24, 2.45) is 23.7 Å². The number of imide groups is 1. The lowest BCUT2D eigenvalue weighted by molar-refractivity contribution is -0.140. The van der Waals surface area contributed by atoms with Crippen LogP contribution in [0.1, 0.15) is 12.8 Å². The Bertz CT molecular complexity index is 745. The highest BCUT2D eigenvalue weighted by molar-refractivity contribution is 6.30. The second-order valence-corrected chi connectivity index (χ2v) is 7.49. The van der Waals surface area contributed by atoms with E-state index in [4.69, 9.17) is 11.6 Å². The summed E-state index contributed by atoms with van der Waals surface area (Å²) in [6, 6.07) is 6.38. The van der Waals surface area contributed by atoms with Crippen molar-refractivity contribution >= 4 is 35.1 Å². The van der Waals surface area contributed by atoms with Gasteiger partial charge in [0.2, 0.25) is 11.8 Å². The third kappa shape index (κ3) is 2.98. The Hall–Kier alpha value is -2.34. The van der Waals surface area contributed by atoms with Crippen molar-refractivity contribution in [3.63, 3.8) is 0 Å². The highest BCUT2D eigenvalue weighted by Gasteiger charge is 2.56. The molecule has 0 spiro atoms. The topological polar surface area (TPSA) is 78.5 Å². The number of likely N-dealkylation sites (tertiary alicyclic amines) is 1. The molecule has 1 aromatic carbocycles. The van der Waals surface area contributed by atoms with Crippen LogP contribution < -0.4 is 10.6 Å². The fraction of sp³-hybridized carbons (Fsp3) is 0.421. The number of halogens is 1. The van der Waals surface area contributed by atoms with Crippen molar-refractivity contribution in [1.29, 1.82) is 0 Å². The summed E-state index contributed by atoms with van der Waals surface area (Å²) < 4.78 is 0. The number of benzene rings is 1. The average Bonchev–Trinajstić information content (AvgIpc) is 2.92. The lowest BCUT2D eigenvalue weighted by Gasteiger charge is -2.38. The zero-order valence-electron chi connectivity index (χ0n) is 14.2. The Morgan fingerprint density at radius 2 is 1.62 bits per heavy atom. The molecule has 5 rings (SSSR count). The molecule has 1 aromatic rings. The van der Waals surface area contributed by atoms with E-state index in [1.807, 2.05) is 0 Å².